The normalized spacial score (nSPS) is 26.3. The number of rotatable bonds is 9. The van der Waals surface area contributed by atoms with E-state index in [9.17, 15) is 9.90 Å². The molecule has 4 aliphatic rings. The van der Waals surface area contributed by atoms with Crippen LogP contribution in [0.2, 0.25) is 5.02 Å². The lowest BCUT2D eigenvalue weighted by molar-refractivity contribution is -0.111. The molecule has 14 heteroatoms. The first-order chi connectivity index (χ1) is 21.3. The topological polar surface area (TPSA) is 134 Å². The van der Waals surface area contributed by atoms with Gasteiger partial charge in [0.2, 0.25) is 17.7 Å². The third kappa shape index (κ3) is 6.58. The summed E-state index contributed by atoms with van der Waals surface area (Å²) in [6.07, 6.45) is 2.74. The van der Waals surface area contributed by atoms with Crippen LogP contribution in [0.5, 0.6) is 11.6 Å². The Balaban J connectivity index is 1.20. The van der Waals surface area contributed by atoms with E-state index in [4.69, 9.17) is 30.5 Å². The summed E-state index contributed by atoms with van der Waals surface area (Å²) in [5.41, 5.74) is 2.03. The van der Waals surface area contributed by atoms with Gasteiger partial charge in [-0.15, -0.1) is 0 Å². The average Bonchev–Trinajstić information content (AvgIpc) is 3.61. The zero-order valence-corrected chi connectivity index (χ0v) is 25.8. The van der Waals surface area contributed by atoms with Crippen molar-refractivity contribution in [3.05, 3.63) is 36.0 Å². The van der Waals surface area contributed by atoms with E-state index in [1.54, 1.807) is 7.11 Å². The number of piperidine rings is 1. The van der Waals surface area contributed by atoms with Crippen LogP contribution in [0.15, 0.2) is 31.0 Å². The second-order valence-corrected chi connectivity index (χ2v) is 12.0. The summed E-state index contributed by atoms with van der Waals surface area (Å²) >= 11 is 6.38. The lowest BCUT2D eigenvalue weighted by Gasteiger charge is -2.43. The lowest BCUT2D eigenvalue weighted by Crippen LogP contribution is -2.52. The number of carbonyl (C=O) groups is 1. The number of hydrogen-bond donors (Lipinski definition) is 3. The van der Waals surface area contributed by atoms with Crippen LogP contribution >= 0.6 is 11.6 Å². The van der Waals surface area contributed by atoms with Crippen molar-refractivity contribution in [1.29, 1.82) is 0 Å². The van der Waals surface area contributed by atoms with Crippen molar-refractivity contribution in [2.24, 2.45) is 0 Å². The molecule has 0 bridgehead atoms. The fourth-order valence-electron chi connectivity index (χ4n) is 6.34. The van der Waals surface area contributed by atoms with Crippen molar-refractivity contribution in [3.63, 3.8) is 0 Å². The molecule has 3 N–H and O–H groups in total. The van der Waals surface area contributed by atoms with Gasteiger partial charge in [-0.25, -0.2) is 4.98 Å². The highest BCUT2D eigenvalue weighted by molar-refractivity contribution is 6.31. The Hall–Kier alpha value is -3.20. The third-order valence-electron chi connectivity index (χ3n) is 8.82. The molecule has 0 saturated carbocycles. The molecule has 2 aromatic rings. The second-order valence-electron chi connectivity index (χ2n) is 11.6. The molecule has 0 radical (unpaired) electrons. The first-order valence-corrected chi connectivity index (χ1v) is 15.4. The lowest BCUT2D eigenvalue weighted by atomic mass is 10.0. The van der Waals surface area contributed by atoms with Crippen LogP contribution in [0.4, 0.5) is 23.0 Å². The fraction of sp³-hybridized carbons (Fsp3) is 0.567. The fourth-order valence-corrected chi connectivity index (χ4v) is 6.48. The van der Waals surface area contributed by atoms with E-state index in [1.165, 1.54) is 12.3 Å². The molecule has 4 atom stereocenters. The van der Waals surface area contributed by atoms with Gasteiger partial charge >= 0.3 is 0 Å². The van der Waals surface area contributed by atoms with E-state index in [0.29, 0.717) is 23.2 Å². The van der Waals surface area contributed by atoms with Crippen molar-refractivity contribution >= 4 is 40.5 Å². The van der Waals surface area contributed by atoms with Gasteiger partial charge in [-0.1, -0.05) is 18.2 Å². The third-order valence-corrected chi connectivity index (χ3v) is 9.08. The van der Waals surface area contributed by atoms with Crippen LogP contribution < -0.4 is 25.0 Å². The maximum atomic E-state index is 12.5. The monoisotopic (exact) mass is 629 g/mol. The van der Waals surface area contributed by atoms with Crippen molar-refractivity contribution in [1.82, 2.24) is 19.8 Å². The molecule has 0 aliphatic carbocycles. The number of halogens is 1. The predicted molar refractivity (Wildman–Crippen MR) is 166 cm³/mol. The Kier molecular flexibility index (Phi) is 9.40. The highest BCUT2D eigenvalue weighted by atomic mass is 35.5. The van der Waals surface area contributed by atoms with Crippen molar-refractivity contribution in [2.45, 2.75) is 43.3 Å². The number of likely N-dealkylation sites (N-methyl/N-ethyl adjacent to an activating group) is 1. The Labute approximate surface area is 262 Å². The Morgan fingerprint density at radius 2 is 1.86 bits per heavy atom. The SMILES string of the molecule is C=CC(=O)Nc1cc(Nc2ncc(Cl)c(O[C@@H]3CO[C@H]4[C@@H]3OC[C@H]4O)n2)c(OC)cc1N1CCC(N2CCN(C)CC2)CC1. The van der Waals surface area contributed by atoms with Crippen molar-refractivity contribution in [3.8, 4) is 11.6 Å². The molecular formula is C30H40ClN7O6. The van der Waals surface area contributed by atoms with Gasteiger partial charge < -0.3 is 44.5 Å². The number of amides is 1. The number of nitrogens with zero attached hydrogens (tertiary/aromatic N) is 5. The van der Waals surface area contributed by atoms with E-state index >= 15 is 0 Å². The molecule has 6 rings (SSSR count). The Morgan fingerprint density at radius 1 is 1.11 bits per heavy atom. The van der Waals surface area contributed by atoms with Crippen LogP contribution in [0.3, 0.4) is 0 Å². The van der Waals surface area contributed by atoms with Gasteiger partial charge in [0, 0.05) is 51.4 Å². The molecule has 44 heavy (non-hydrogen) atoms. The summed E-state index contributed by atoms with van der Waals surface area (Å²) in [7, 11) is 3.77. The van der Waals surface area contributed by atoms with Gasteiger partial charge in [-0.3, -0.25) is 9.69 Å². The number of aliphatic hydroxyl groups is 1. The molecule has 4 aliphatic heterocycles. The summed E-state index contributed by atoms with van der Waals surface area (Å²) in [5, 5.41) is 16.4. The standard InChI is InChI=1S/C30H40ClN7O6/c1-4-26(40)33-20-13-21(24(41-3)14-22(20)38-7-5-18(6-8-38)37-11-9-36(2)10-12-37)34-30-32-15-19(31)29(35-30)44-25-17-43-27-23(39)16-42-28(25)27/h4,13-15,18,23,25,27-28,39H,1,5-12,16-17H2,2-3H3,(H,33,40)(H,32,34,35)/t23-,25-,27-,28-/m1/s1. The van der Waals surface area contributed by atoms with Gasteiger partial charge in [-0.05, 0) is 32.0 Å². The number of methoxy groups -OCH3 is 1. The van der Waals surface area contributed by atoms with Crippen molar-refractivity contribution in [2.75, 3.05) is 82.2 Å². The van der Waals surface area contributed by atoms with Gasteiger partial charge in [-0.2, -0.15) is 4.98 Å². The molecule has 1 amide bonds. The van der Waals surface area contributed by atoms with Crippen molar-refractivity contribution < 1.29 is 28.8 Å². The predicted octanol–water partition coefficient (Wildman–Crippen LogP) is 2.13. The molecule has 5 heterocycles. The maximum Gasteiger partial charge on any atom is 0.247 e. The van der Waals surface area contributed by atoms with Gasteiger partial charge in [0.05, 0.1) is 43.6 Å². The number of aliphatic hydroxyl groups excluding tert-OH is 1. The number of nitrogens with one attached hydrogen (secondary N) is 2. The van der Waals surface area contributed by atoms with E-state index in [0.717, 1.165) is 57.8 Å². The minimum atomic E-state index is -0.693. The maximum absolute atomic E-state index is 12.5. The highest BCUT2D eigenvalue weighted by Crippen LogP contribution is 2.40. The van der Waals surface area contributed by atoms with Gasteiger partial charge in [0.15, 0.2) is 6.10 Å². The summed E-state index contributed by atoms with van der Waals surface area (Å²) in [5.74, 6) is 0.610. The molecule has 238 valence electrons. The Bertz CT molecular complexity index is 1350. The summed E-state index contributed by atoms with van der Waals surface area (Å²) in [6.45, 7) is 10.2. The van der Waals surface area contributed by atoms with E-state index in [-0.39, 0.29) is 36.0 Å². The largest absolute Gasteiger partial charge is 0.494 e. The molecule has 4 saturated heterocycles. The smallest absolute Gasteiger partial charge is 0.247 e. The van der Waals surface area contributed by atoms with Crippen LogP contribution in [-0.2, 0) is 14.3 Å². The zero-order valence-electron chi connectivity index (χ0n) is 25.1. The molecule has 13 nitrogen and oxygen atoms in total. The van der Waals surface area contributed by atoms with E-state index in [2.05, 4.69) is 48.9 Å². The number of hydrogen-bond acceptors (Lipinski definition) is 12. The Morgan fingerprint density at radius 3 is 2.59 bits per heavy atom. The average molecular weight is 630 g/mol. The first kappa shape index (κ1) is 30.8. The number of fused-ring (bicyclic) bond motifs is 1. The second kappa shape index (κ2) is 13.4. The minimum Gasteiger partial charge on any atom is -0.494 e. The van der Waals surface area contributed by atoms with Crippen LogP contribution in [0.25, 0.3) is 0 Å². The molecule has 0 spiro atoms. The highest BCUT2D eigenvalue weighted by Gasteiger charge is 2.48. The molecule has 1 aromatic carbocycles. The van der Waals surface area contributed by atoms with E-state index in [1.807, 2.05) is 12.1 Å². The summed E-state index contributed by atoms with van der Waals surface area (Å²) in [6, 6.07) is 4.28. The number of benzene rings is 1. The number of ether oxygens (including phenoxy) is 4. The van der Waals surface area contributed by atoms with Crippen LogP contribution in [0.1, 0.15) is 12.8 Å². The zero-order chi connectivity index (χ0) is 30.8. The molecule has 4 fully saturated rings. The number of carbonyl (C=O) groups excluding carboxylic acids is 1. The molecule has 0 unspecified atom stereocenters. The van der Waals surface area contributed by atoms with Crippen LogP contribution in [-0.4, -0.2) is 128 Å². The first-order valence-electron chi connectivity index (χ1n) is 15.0. The van der Waals surface area contributed by atoms with Crippen LogP contribution in [0, 0.1) is 0 Å². The number of aromatic nitrogens is 2. The molecule has 1 aromatic heterocycles. The quantitative estimate of drug-likeness (QED) is 0.351. The van der Waals surface area contributed by atoms with E-state index < -0.39 is 24.4 Å². The molecular weight excluding hydrogens is 590 g/mol. The number of anilines is 4. The number of piperazine rings is 1. The summed E-state index contributed by atoms with van der Waals surface area (Å²) < 4.78 is 23.1. The van der Waals surface area contributed by atoms with Gasteiger partial charge in [0.1, 0.15) is 29.1 Å². The minimum absolute atomic E-state index is 0.155. The van der Waals surface area contributed by atoms with Gasteiger partial charge in [0.25, 0.3) is 0 Å². The summed E-state index contributed by atoms with van der Waals surface area (Å²) in [4.78, 5) is 28.6.